The smallest absolute Gasteiger partial charge is 0.255 e. The summed E-state index contributed by atoms with van der Waals surface area (Å²) in [6.45, 7) is 6.76. The third-order valence-corrected chi connectivity index (χ3v) is 3.88. The zero-order chi connectivity index (χ0) is 15.4. The molecule has 0 spiro atoms. The largest absolute Gasteiger partial charge is 0.336 e. The number of rotatable bonds is 4. The molecule has 0 aromatic carbocycles. The Morgan fingerprint density at radius 1 is 1.14 bits per heavy atom. The second kappa shape index (κ2) is 6.65. The maximum atomic E-state index is 12.5. The molecule has 1 fully saturated rings. The molecule has 2 aromatic heterocycles. The van der Waals surface area contributed by atoms with Crippen molar-refractivity contribution < 1.29 is 4.79 Å². The Morgan fingerprint density at radius 2 is 1.86 bits per heavy atom. The van der Waals surface area contributed by atoms with Crippen molar-refractivity contribution in [3.05, 3.63) is 36.5 Å². The molecular weight excluding hydrogens is 280 g/mol. The van der Waals surface area contributed by atoms with Crippen LogP contribution >= 0.6 is 0 Å². The van der Waals surface area contributed by atoms with E-state index in [1.54, 1.807) is 23.4 Å². The maximum Gasteiger partial charge on any atom is 0.255 e. The molecule has 1 aliphatic heterocycles. The van der Waals surface area contributed by atoms with Crippen molar-refractivity contribution >= 4 is 5.91 Å². The van der Waals surface area contributed by atoms with Gasteiger partial charge in [-0.2, -0.15) is 0 Å². The Morgan fingerprint density at radius 3 is 2.45 bits per heavy atom. The molecule has 0 N–H and O–H groups in total. The number of amides is 1. The Kier molecular flexibility index (Phi) is 4.43. The summed E-state index contributed by atoms with van der Waals surface area (Å²) in [5, 5.41) is 7.49. The highest BCUT2D eigenvalue weighted by molar-refractivity contribution is 5.94. The monoisotopic (exact) mass is 300 g/mol. The fourth-order valence-electron chi connectivity index (χ4n) is 2.66. The number of aromatic nitrogens is 4. The highest BCUT2D eigenvalue weighted by atomic mass is 16.2. The first kappa shape index (κ1) is 14.6. The van der Waals surface area contributed by atoms with E-state index in [2.05, 4.69) is 27.0 Å². The number of pyridine rings is 1. The van der Waals surface area contributed by atoms with Gasteiger partial charge in [-0.05, 0) is 25.1 Å². The Labute approximate surface area is 129 Å². The first-order valence-corrected chi connectivity index (χ1v) is 7.60. The van der Waals surface area contributed by atoms with E-state index in [0.29, 0.717) is 11.4 Å². The summed E-state index contributed by atoms with van der Waals surface area (Å²) >= 11 is 0. The van der Waals surface area contributed by atoms with Crippen LogP contribution in [0.4, 0.5) is 0 Å². The number of nitrogens with zero attached hydrogens (tertiary/aromatic N) is 6. The summed E-state index contributed by atoms with van der Waals surface area (Å²) in [5.41, 5.74) is 0.626. The molecule has 1 saturated heterocycles. The Bertz CT molecular complexity index is 601. The molecule has 0 saturated carbocycles. The summed E-state index contributed by atoms with van der Waals surface area (Å²) in [6.07, 6.45) is 5.94. The van der Waals surface area contributed by atoms with E-state index < -0.39 is 0 Å². The minimum absolute atomic E-state index is 0.0546. The molecule has 3 heterocycles. The molecule has 0 aliphatic carbocycles. The van der Waals surface area contributed by atoms with Crippen molar-refractivity contribution in [3.8, 4) is 5.82 Å². The second-order valence-corrected chi connectivity index (χ2v) is 5.41. The SMILES string of the molecule is CCCN1CCN(C(=O)c2ccc(-n3cnnc3)nc2)CC1. The van der Waals surface area contributed by atoms with Gasteiger partial charge in [0.05, 0.1) is 5.56 Å². The van der Waals surface area contributed by atoms with Crippen molar-refractivity contribution in [1.29, 1.82) is 0 Å². The molecule has 0 unspecified atom stereocenters. The Balaban J connectivity index is 1.63. The molecule has 1 aliphatic rings. The molecule has 116 valence electrons. The van der Waals surface area contributed by atoms with E-state index in [0.717, 1.165) is 39.1 Å². The van der Waals surface area contributed by atoms with Gasteiger partial charge in [-0.1, -0.05) is 6.92 Å². The first-order chi connectivity index (χ1) is 10.8. The molecule has 7 heteroatoms. The van der Waals surface area contributed by atoms with Gasteiger partial charge in [-0.25, -0.2) is 4.98 Å². The fourth-order valence-corrected chi connectivity index (χ4v) is 2.66. The van der Waals surface area contributed by atoms with Gasteiger partial charge in [0, 0.05) is 32.4 Å². The molecule has 3 rings (SSSR count). The normalized spacial score (nSPS) is 16.0. The molecule has 7 nitrogen and oxygen atoms in total. The molecule has 1 amide bonds. The van der Waals surface area contributed by atoms with E-state index >= 15 is 0 Å². The summed E-state index contributed by atoms with van der Waals surface area (Å²) in [6, 6.07) is 3.62. The van der Waals surface area contributed by atoms with Crippen LogP contribution in [0.5, 0.6) is 0 Å². The third-order valence-electron chi connectivity index (χ3n) is 3.88. The number of piperazine rings is 1. The van der Waals surface area contributed by atoms with Crippen molar-refractivity contribution in [1.82, 2.24) is 29.5 Å². The van der Waals surface area contributed by atoms with Crippen molar-refractivity contribution in [2.24, 2.45) is 0 Å². The van der Waals surface area contributed by atoms with Gasteiger partial charge in [0.2, 0.25) is 0 Å². The van der Waals surface area contributed by atoms with E-state index in [-0.39, 0.29) is 5.91 Å². The lowest BCUT2D eigenvalue weighted by Crippen LogP contribution is -2.48. The van der Waals surface area contributed by atoms with Crippen molar-refractivity contribution in [2.45, 2.75) is 13.3 Å². The number of hydrogen-bond donors (Lipinski definition) is 0. The van der Waals surface area contributed by atoms with Crippen LogP contribution in [0, 0.1) is 0 Å². The zero-order valence-electron chi connectivity index (χ0n) is 12.7. The fraction of sp³-hybridized carbons (Fsp3) is 0.467. The van der Waals surface area contributed by atoms with Crippen LogP contribution < -0.4 is 0 Å². The van der Waals surface area contributed by atoms with Gasteiger partial charge in [-0.3, -0.25) is 14.3 Å². The predicted octanol–water partition coefficient (Wildman–Crippen LogP) is 0.830. The van der Waals surface area contributed by atoms with Gasteiger partial charge in [-0.15, -0.1) is 10.2 Å². The highest BCUT2D eigenvalue weighted by Gasteiger charge is 2.21. The van der Waals surface area contributed by atoms with Crippen LogP contribution in [-0.2, 0) is 0 Å². The van der Waals surface area contributed by atoms with Gasteiger partial charge in [0.15, 0.2) is 0 Å². The molecule has 0 bridgehead atoms. The Hall–Kier alpha value is -2.28. The lowest BCUT2D eigenvalue weighted by atomic mass is 10.2. The quantitative estimate of drug-likeness (QED) is 0.836. The van der Waals surface area contributed by atoms with Gasteiger partial charge in [0.1, 0.15) is 18.5 Å². The standard InChI is InChI=1S/C15H20N6O/c1-2-5-19-6-8-20(9-7-19)15(22)13-3-4-14(16-10-13)21-11-17-18-12-21/h3-4,10-12H,2,5-9H2,1H3. The van der Waals surface area contributed by atoms with Crippen LogP contribution in [0.2, 0.25) is 0 Å². The van der Waals surface area contributed by atoms with Crippen LogP contribution in [0.3, 0.4) is 0 Å². The number of carbonyl (C=O) groups excluding carboxylic acids is 1. The van der Waals surface area contributed by atoms with Crippen LogP contribution in [0.15, 0.2) is 31.0 Å². The first-order valence-electron chi connectivity index (χ1n) is 7.60. The van der Waals surface area contributed by atoms with Gasteiger partial charge >= 0.3 is 0 Å². The maximum absolute atomic E-state index is 12.5. The van der Waals surface area contributed by atoms with E-state index in [4.69, 9.17) is 0 Å². The summed E-state index contributed by atoms with van der Waals surface area (Å²) in [5.74, 6) is 0.758. The summed E-state index contributed by atoms with van der Waals surface area (Å²) < 4.78 is 1.71. The third kappa shape index (κ3) is 3.14. The zero-order valence-corrected chi connectivity index (χ0v) is 12.7. The number of carbonyl (C=O) groups is 1. The van der Waals surface area contributed by atoms with E-state index in [1.807, 2.05) is 17.0 Å². The highest BCUT2D eigenvalue weighted by Crippen LogP contribution is 2.10. The molecule has 0 radical (unpaired) electrons. The van der Waals surface area contributed by atoms with E-state index in [1.165, 1.54) is 0 Å². The molecule has 0 atom stereocenters. The number of hydrogen-bond acceptors (Lipinski definition) is 5. The van der Waals surface area contributed by atoms with E-state index in [9.17, 15) is 4.79 Å². The molecule has 22 heavy (non-hydrogen) atoms. The van der Waals surface area contributed by atoms with Crippen LogP contribution in [0.1, 0.15) is 23.7 Å². The minimum atomic E-state index is 0.0546. The van der Waals surface area contributed by atoms with Crippen molar-refractivity contribution in [3.63, 3.8) is 0 Å². The minimum Gasteiger partial charge on any atom is -0.336 e. The van der Waals surface area contributed by atoms with Gasteiger partial charge < -0.3 is 4.90 Å². The lowest BCUT2D eigenvalue weighted by molar-refractivity contribution is 0.0637. The van der Waals surface area contributed by atoms with Crippen LogP contribution in [0.25, 0.3) is 5.82 Å². The summed E-state index contributed by atoms with van der Waals surface area (Å²) in [4.78, 5) is 21.1. The molecule has 2 aromatic rings. The van der Waals surface area contributed by atoms with Crippen LogP contribution in [-0.4, -0.2) is 68.2 Å². The summed E-state index contributed by atoms with van der Waals surface area (Å²) in [7, 11) is 0. The average molecular weight is 300 g/mol. The topological polar surface area (TPSA) is 67.2 Å². The lowest BCUT2D eigenvalue weighted by Gasteiger charge is -2.34. The predicted molar refractivity (Wildman–Crippen MR) is 81.8 cm³/mol. The average Bonchev–Trinajstić information content (AvgIpc) is 3.10. The second-order valence-electron chi connectivity index (χ2n) is 5.41. The van der Waals surface area contributed by atoms with Gasteiger partial charge in [0.25, 0.3) is 5.91 Å². The molecular formula is C15H20N6O. The van der Waals surface area contributed by atoms with Crippen molar-refractivity contribution in [2.75, 3.05) is 32.7 Å².